The maximum absolute atomic E-state index is 9.52. The molecule has 0 aliphatic heterocycles. The molecular formula is C8H11BrO2S. The van der Waals surface area contributed by atoms with Gasteiger partial charge in [0.25, 0.3) is 0 Å². The molecule has 1 unspecified atom stereocenters. The third kappa shape index (κ3) is 2.29. The molecule has 0 saturated heterocycles. The summed E-state index contributed by atoms with van der Waals surface area (Å²) >= 11 is 4.98. The predicted octanol–water partition coefficient (Wildman–Crippen LogP) is 2.50. The van der Waals surface area contributed by atoms with Crippen molar-refractivity contribution in [2.75, 3.05) is 13.7 Å². The number of hydrogen-bond acceptors (Lipinski definition) is 3. The van der Waals surface area contributed by atoms with Gasteiger partial charge in [0.15, 0.2) is 0 Å². The van der Waals surface area contributed by atoms with Crippen LogP contribution in [-0.2, 0) is 4.74 Å². The molecule has 1 N–H and O–H groups in total. The smallest absolute Gasteiger partial charge is 0.111 e. The van der Waals surface area contributed by atoms with Crippen LogP contribution in [0.5, 0.6) is 0 Å². The molecule has 1 aromatic heterocycles. The maximum Gasteiger partial charge on any atom is 0.111 e. The Morgan fingerprint density at radius 2 is 2.42 bits per heavy atom. The van der Waals surface area contributed by atoms with E-state index < -0.39 is 6.10 Å². The Bertz CT molecular complexity index is 240. The zero-order chi connectivity index (χ0) is 9.14. The minimum atomic E-state index is -0.495. The number of hydrogen-bond donors (Lipinski definition) is 1. The molecule has 0 aliphatic rings. The highest BCUT2D eigenvalue weighted by atomic mass is 79.9. The molecule has 68 valence electrons. The van der Waals surface area contributed by atoms with Gasteiger partial charge in [0.1, 0.15) is 6.10 Å². The van der Waals surface area contributed by atoms with E-state index >= 15 is 0 Å². The molecule has 2 nitrogen and oxygen atoms in total. The first-order valence-corrected chi connectivity index (χ1v) is 5.19. The highest BCUT2D eigenvalue weighted by molar-refractivity contribution is 9.10. The molecule has 0 amide bonds. The van der Waals surface area contributed by atoms with Crippen LogP contribution in [0.15, 0.2) is 10.5 Å². The molecular weight excluding hydrogens is 240 g/mol. The summed E-state index contributed by atoms with van der Waals surface area (Å²) in [7, 11) is 1.58. The Hall–Kier alpha value is 0.1000. The van der Waals surface area contributed by atoms with E-state index in [4.69, 9.17) is 4.74 Å². The van der Waals surface area contributed by atoms with E-state index in [-0.39, 0.29) is 0 Å². The Labute approximate surface area is 84.3 Å². The van der Waals surface area contributed by atoms with Crippen LogP contribution in [0.1, 0.15) is 15.9 Å². The lowest BCUT2D eigenvalue weighted by Crippen LogP contribution is -2.02. The van der Waals surface area contributed by atoms with Crippen molar-refractivity contribution >= 4 is 27.3 Å². The van der Waals surface area contributed by atoms with Crippen molar-refractivity contribution in [3.05, 3.63) is 20.3 Å². The third-order valence-electron chi connectivity index (χ3n) is 1.53. The number of rotatable bonds is 3. The number of aliphatic hydroxyl groups is 1. The summed E-state index contributed by atoms with van der Waals surface area (Å²) in [5, 5.41) is 9.52. The topological polar surface area (TPSA) is 29.5 Å². The lowest BCUT2D eigenvalue weighted by atomic mass is 10.3. The highest BCUT2D eigenvalue weighted by Crippen LogP contribution is 2.30. The lowest BCUT2D eigenvalue weighted by molar-refractivity contribution is 0.0666. The van der Waals surface area contributed by atoms with Gasteiger partial charge < -0.3 is 9.84 Å². The molecule has 4 heteroatoms. The molecule has 0 fully saturated rings. The van der Waals surface area contributed by atoms with Crippen LogP contribution in [0.4, 0.5) is 0 Å². The van der Waals surface area contributed by atoms with E-state index in [2.05, 4.69) is 15.9 Å². The van der Waals surface area contributed by atoms with E-state index in [1.165, 1.54) is 4.88 Å². The van der Waals surface area contributed by atoms with E-state index in [0.29, 0.717) is 6.61 Å². The summed E-state index contributed by atoms with van der Waals surface area (Å²) in [6.45, 7) is 2.37. The molecule has 1 heterocycles. The Morgan fingerprint density at radius 1 is 1.75 bits per heavy atom. The van der Waals surface area contributed by atoms with Crippen molar-refractivity contribution in [2.45, 2.75) is 13.0 Å². The average molecular weight is 251 g/mol. The molecule has 1 rings (SSSR count). The van der Waals surface area contributed by atoms with E-state index in [1.807, 2.05) is 13.0 Å². The Kier molecular flexibility index (Phi) is 3.71. The van der Waals surface area contributed by atoms with Crippen molar-refractivity contribution in [1.29, 1.82) is 0 Å². The van der Waals surface area contributed by atoms with Gasteiger partial charge in [-0.3, -0.25) is 0 Å². The van der Waals surface area contributed by atoms with E-state index in [1.54, 1.807) is 18.4 Å². The van der Waals surface area contributed by atoms with Crippen LogP contribution >= 0.6 is 27.3 Å². The predicted molar refractivity (Wildman–Crippen MR) is 53.6 cm³/mol. The number of ether oxygens (including phenoxy) is 1. The molecule has 1 atom stereocenters. The van der Waals surface area contributed by atoms with Gasteiger partial charge in [-0.25, -0.2) is 0 Å². The maximum atomic E-state index is 9.52. The van der Waals surface area contributed by atoms with Crippen LogP contribution in [0.3, 0.4) is 0 Å². The minimum absolute atomic E-state index is 0.354. The minimum Gasteiger partial charge on any atom is -0.385 e. The van der Waals surface area contributed by atoms with Crippen LogP contribution in [0.25, 0.3) is 0 Å². The number of thiophene rings is 1. The highest BCUT2D eigenvalue weighted by Gasteiger charge is 2.11. The van der Waals surface area contributed by atoms with Gasteiger partial charge in [0.05, 0.1) is 6.61 Å². The van der Waals surface area contributed by atoms with Gasteiger partial charge >= 0.3 is 0 Å². The van der Waals surface area contributed by atoms with Crippen LogP contribution in [-0.4, -0.2) is 18.8 Å². The monoisotopic (exact) mass is 250 g/mol. The van der Waals surface area contributed by atoms with Gasteiger partial charge in [-0.05, 0) is 28.9 Å². The molecule has 0 spiro atoms. The first-order valence-electron chi connectivity index (χ1n) is 3.58. The lowest BCUT2D eigenvalue weighted by Gasteiger charge is -2.05. The van der Waals surface area contributed by atoms with Gasteiger partial charge in [0.2, 0.25) is 0 Å². The third-order valence-corrected chi connectivity index (χ3v) is 3.77. The molecule has 0 saturated carbocycles. The van der Waals surface area contributed by atoms with Gasteiger partial charge in [-0.15, -0.1) is 11.3 Å². The second-order valence-electron chi connectivity index (χ2n) is 2.52. The summed E-state index contributed by atoms with van der Waals surface area (Å²) in [5.41, 5.74) is 0. The fourth-order valence-electron chi connectivity index (χ4n) is 0.886. The second-order valence-corrected chi connectivity index (χ2v) is 4.67. The number of methoxy groups -OCH3 is 1. The zero-order valence-electron chi connectivity index (χ0n) is 7.00. The molecule has 1 aromatic rings. The second kappa shape index (κ2) is 4.37. The summed E-state index contributed by atoms with van der Waals surface area (Å²) < 4.78 is 5.90. The number of aliphatic hydroxyl groups excluding tert-OH is 1. The van der Waals surface area contributed by atoms with Crippen molar-refractivity contribution < 1.29 is 9.84 Å². The fraction of sp³-hybridized carbons (Fsp3) is 0.500. The summed E-state index contributed by atoms with van der Waals surface area (Å²) in [5.74, 6) is 0. The molecule has 0 bridgehead atoms. The number of aryl methyl sites for hydroxylation is 1. The SMILES string of the molecule is COCC(O)c1cc(Br)c(C)s1. The van der Waals surface area contributed by atoms with E-state index in [9.17, 15) is 5.11 Å². The van der Waals surface area contributed by atoms with Gasteiger partial charge in [-0.2, -0.15) is 0 Å². The Morgan fingerprint density at radius 3 is 2.83 bits per heavy atom. The molecule has 0 aromatic carbocycles. The van der Waals surface area contributed by atoms with Crippen molar-refractivity contribution in [3.8, 4) is 0 Å². The molecule has 12 heavy (non-hydrogen) atoms. The van der Waals surface area contributed by atoms with Gasteiger partial charge in [0, 0.05) is 21.3 Å². The van der Waals surface area contributed by atoms with Crippen LogP contribution in [0, 0.1) is 6.92 Å². The summed E-state index contributed by atoms with van der Waals surface area (Å²) in [4.78, 5) is 2.13. The first kappa shape index (κ1) is 10.2. The van der Waals surface area contributed by atoms with Crippen LogP contribution < -0.4 is 0 Å². The normalized spacial score (nSPS) is 13.3. The average Bonchev–Trinajstić information content (AvgIpc) is 2.33. The van der Waals surface area contributed by atoms with Gasteiger partial charge in [-0.1, -0.05) is 0 Å². The standard InChI is InChI=1S/C8H11BrO2S/c1-5-6(9)3-8(12-5)7(10)4-11-2/h3,7,10H,4H2,1-2H3. The Balaban J connectivity index is 2.74. The van der Waals surface area contributed by atoms with Crippen molar-refractivity contribution in [1.82, 2.24) is 0 Å². The van der Waals surface area contributed by atoms with E-state index in [0.717, 1.165) is 9.35 Å². The van der Waals surface area contributed by atoms with Crippen molar-refractivity contribution in [2.24, 2.45) is 0 Å². The molecule has 0 radical (unpaired) electrons. The number of halogens is 1. The first-order chi connectivity index (χ1) is 5.65. The van der Waals surface area contributed by atoms with Crippen LogP contribution in [0.2, 0.25) is 0 Å². The summed E-state index contributed by atoms with van der Waals surface area (Å²) in [6, 6.07) is 1.93. The largest absolute Gasteiger partial charge is 0.385 e. The molecule has 0 aliphatic carbocycles. The fourth-order valence-corrected chi connectivity index (χ4v) is 2.42. The zero-order valence-corrected chi connectivity index (χ0v) is 9.41. The quantitative estimate of drug-likeness (QED) is 0.894. The van der Waals surface area contributed by atoms with Crippen molar-refractivity contribution in [3.63, 3.8) is 0 Å². The summed E-state index contributed by atoms with van der Waals surface area (Å²) in [6.07, 6.45) is -0.495.